The molecule has 1 N–H and O–H groups in total. The summed E-state index contributed by atoms with van der Waals surface area (Å²) in [6.07, 6.45) is 0. The van der Waals surface area contributed by atoms with E-state index in [0.29, 0.717) is 27.2 Å². The molecule has 0 aliphatic carbocycles. The lowest BCUT2D eigenvalue weighted by Gasteiger charge is -2.08. The Morgan fingerprint density at radius 1 is 1.25 bits per heavy atom. The number of thiophene rings is 1. The van der Waals surface area contributed by atoms with Gasteiger partial charge in [-0.05, 0) is 30.3 Å². The Bertz CT molecular complexity index is 982. The normalized spacial score (nSPS) is 11.5. The first-order valence-corrected chi connectivity index (χ1v) is 9.33. The molecule has 0 aliphatic heterocycles. The van der Waals surface area contributed by atoms with Gasteiger partial charge in [0.2, 0.25) is 5.89 Å². The molecule has 0 unspecified atom stereocenters. The highest BCUT2D eigenvalue weighted by atomic mass is 35.5. The van der Waals surface area contributed by atoms with E-state index in [1.165, 1.54) is 19.2 Å². The number of nitrogens with one attached hydrogen (secondary N) is 1. The van der Waals surface area contributed by atoms with E-state index in [2.05, 4.69) is 14.9 Å². The van der Waals surface area contributed by atoms with E-state index in [1.807, 2.05) is 0 Å². The van der Waals surface area contributed by atoms with Crippen molar-refractivity contribution in [2.45, 2.75) is 11.1 Å². The van der Waals surface area contributed by atoms with Crippen molar-refractivity contribution in [1.29, 1.82) is 0 Å². The topological polar surface area (TPSA) is 94.3 Å². The van der Waals surface area contributed by atoms with Gasteiger partial charge in [0.25, 0.3) is 15.9 Å². The lowest BCUT2D eigenvalue weighted by atomic mass is 10.3. The maximum atomic E-state index is 12.5. The van der Waals surface area contributed by atoms with Crippen molar-refractivity contribution >= 4 is 38.6 Å². The van der Waals surface area contributed by atoms with E-state index >= 15 is 0 Å². The fourth-order valence-electron chi connectivity index (χ4n) is 1.91. The lowest BCUT2D eigenvalue weighted by molar-refractivity contribution is 0.415. The molecule has 0 radical (unpaired) electrons. The van der Waals surface area contributed by atoms with Crippen LogP contribution < -0.4 is 9.46 Å². The van der Waals surface area contributed by atoms with Gasteiger partial charge < -0.3 is 9.15 Å². The van der Waals surface area contributed by atoms with Crippen LogP contribution in [0.4, 0.5) is 5.69 Å². The molecule has 24 heavy (non-hydrogen) atoms. The Kier molecular flexibility index (Phi) is 4.48. The van der Waals surface area contributed by atoms with Crippen LogP contribution >= 0.6 is 22.9 Å². The van der Waals surface area contributed by atoms with Crippen molar-refractivity contribution in [3.05, 3.63) is 41.2 Å². The minimum atomic E-state index is -3.75. The van der Waals surface area contributed by atoms with Crippen LogP contribution in [0.3, 0.4) is 0 Å². The van der Waals surface area contributed by atoms with Crippen molar-refractivity contribution < 1.29 is 17.6 Å². The first kappa shape index (κ1) is 16.7. The number of halogens is 1. The zero-order valence-electron chi connectivity index (χ0n) is 12.6. The van der Waals surface area contributed by atoms with E-state index < -0.39 is 10.0 Å². The van der Waals surface area contributed by atoms with Gasteiger partial charge in [0, 0.05) is 6.92 Å². The Balaban J connectivity index is 1.86. The van der Waals surface area contributed by atoms with E-state index in [0.717, 1.165) is 11.3 Å². The number of methoxy groups -OCH3 is 1. The minimum absolute atomic E-state index is 0.125. The number of hydrogen-bond acceptors (Lipinski definition) is 7. The molecule has 0 spiro atoms. The molecule has 3 rings (SSSR count). The number of rotatable bonds is 5. The summed E-state index contributed by atoms with van der Waals surface area (Å²) in [6, 6.07) is 7.73. The van der Waals surface area contributed by atoms with E-state index in [4.69, 9.17) is 20.8 Å². The average Bonchev–Trinajstić information content (AvgIpc) is 3.16. The number of ether oxygens (including phenoxy) is 1. The minimum Gasteiger partial charge on any atom is -0.495 e. The van der Waals surface area contributed by atoms with Crippen LogP contribution in [0.2, 0.25) is 5.02 Å². The number of aromatic nitrogens is 2. The Hall–Kier alpha value is -2.10. The van der Waals surface area contributed by atoms with Crippen LogP contribution in [0.1, 0.15) is 5.89 Å². The van der Waals surface area contributed by atoms with Gasteiger partial charge in [0.05, 0.1) is 22.7 Å². The van der Waals surface area contributed by atoms with Crippen molar-refractivity contribution in [1.82, 2.24) is 10.2 Å². The molecule has 3 aromatic rings. The molecule has 126 valence electrons. The molecule has 7 nitrogen and oxygen atoms in total. The molecule has 0 atom stereocenters. The third kappa shape index (κ3) is 3.37. The Labute approximate surface area is 147 Å². The largest absolute Gasteiger partial charge is 0.495 e. The van der Waals surface area contributed by atoms with Crippen LogP contribution in [0.5, 0.6) is 5.75 Å². The first-order chi connectivity index (χ1) is 11.4. The van der Waals surface area contributed by atoms with Crippen molar-refractivity contribution in [3.63, 3.8) is 0 Å². The van der Waals surface area contributed by atoms with Crippen LogP contribution in [0.15, 0.2) is 39.0 Å². The van der Waals surface area contributed by atoms with Gasteiger partial charge in [-0.2, -0.15) is 0 Å². The number of hydrogen-bond donors (Lipinski definition) is 1. The molecular formula is C14H12ClN3O4S2. The predicted molar refractivity (Wildman–Crippen MR) is 91.2 cm³/mol. The molecule has 0 saturated heterocycles. The zero-order chi connectivity index (χ0) is 17.3. The number of benzene rings is 1. The SMILES string of the molecule is COc1ccc(NS(=O)(=O)c2ccc(-c3nnc(C)o3)s2)cc1Cl. The van der Waals surface area contributed by atoms with Crippen LogP contribution in [-0.2, 0) is 10.0 Å². The van der Waals surface area contributed by atoms with Crippen molar-refractivity contribution in [2.75, 3.05) is 11.8 Å². The molecule has 2 aromatic heterocycles. The fraction of sp³-hybridized carbons (Fsp3) is 0.143. The van der Waals surface area contributed by atoms with Gasteiger partial charge in [0.15, 0.2) is 0 Å². The quantitative estimate of drug-likeness (QED) is 0.721. The van der Waals surface area contributed by atoms with E-state index in [-0.39, 0.29) is 10.1 Å². The maximum absolute atomic E-state index is 12.5. The highest BCUT2D eigenvalue weighted by Gasteiger charge is 2.20. The number of aryl methyl sites for hydroxylation is 1. The highest BCUT2D eigenvalue weighted by molar-refractivity contribution is 7.94. The molecule has 2 heterocycles. The molecule has 1 aromatic carbocycles. The van der Waals surface area contributed by atoms with Crippen LogP contribution in [0, 0.1) is 6.92 Å². The van der Waals surface area contributed by atoms with E-state index in [9.17, 15) is 8.42 Å². The molecule has 0 aliphatic rings. The third-order valence-corrected chi connectivity index (χ3v) is 6.23. The molecule has 10 heteroatoms. The lowest BCUT2D eigenvalue weighted by Crippen LogP contribution is -2.11. The first-order valence-electron chi connectivity index (χ1n) is 6.66. The second kappa shape index (κ2) is 6.42. The summed E-state index contributed by atoms with van der Waals surface area (Å²) in [5, 5.41) is 7.91. The molecule has 0 fully saturated rings. The van der Waals surface area contributed by atoms with Crippen molar-refractivity contribution in [2.24, 2.45) is 0 Å². The van der Waals surface area contributed by atoms with E-state index in [1.54, 1.807) is 25.1 Å². The molecule has 0 amide bonds. The summed E-state index contributed by atoms with van der Waals surface area (Å²) < 4.78 is 37.9. The standard InChI is InChI=1S/C14H12ClN3O4S2/c1-8-16-17-14(22-8)12-5-6-13(23-12)24(19,20)18-9-3-4-11(21-2)10(15)7-9/h3-7,18H,1-2H3. The molecular weight excluding hydrogens is 374 g/mol. The maximum Gasteiger partial charge on any atom is 0.271 e. The summed E-state index contributed by atoms with van der Waals surface area (Å²) in [7, 11) is -2.27. The smallest absolute Gasteiger partial charge is 0.271 e. The Morgan fingerprint density at radius 3 is 2.67 bits per heavy atom. The molecule has 0 saturated carbocycles. The van der Waals surface area contributed by atoms with Gasteiger partial charge in [-0.15, -0.1) is 21.5 Å². The van der Waals surface area contributed by atoms with Gasteiger partial charge in [-0.1, -0.05) is 11.6 Å². The summed E-state index contributed by atoms with van der Waals surface area (Å²) in [5.41, 5.74) is 0.337. The van der Waals surface area contributed by atoms with Gasteiger partial charge >= 0.3 is 0 Å². The summed E-state index contributed by atoms with van der Waals surface area (Å²) >= 11 is 7.04. The number of anilines is 1. The molecule has 0 bridgehead atoms. The second-order valence-corrected chi connectivity index (χ2v) is 8.10. The Morgan fingerprint density at radius 2 is 2.04 bits per heavy atom. The third-order valence-electron chi connectivity index (χ3n) is 2.99. The van der Waals surface area contributed by atoms with Crippen molar-refractivity contribution in [3.8, 4) is 16.5 Å². The van der Waals surface area contributed by atoms with Gasteiger partial charge in [0.1, 0.15) is 9.96 Å². The van der Waals surface area contributed by atoms with Gasteiger partial charge in [-0.3, -0.25) is 4.72 Å². The monoisotopic (exact) mass is 385 g/mol. The summed E-state index contributed by atoms with van der Waals surface area (Å²) in [5.74, 6) is 1.16. The zero-order valence-corrected chi connectivity index (χ0v) is 15.0. The van der Waals surface area contributed by atoms with Crippen LogP contribution in [0.25, 0.3) is 10.8 Å². The average molecular weight is 386 g/mol. The van der Waals surface area contributed by atoms with Crippen LogP contribution in [-0.4, -0.2) is 25.7 Å². The highest BCUT2D eigenvalue weighted by Crippen LogP contribution is 2.32. The second-order valence-electron chi connectivity index (χ2n) is 4.70. The summed E-state index contributed by atoms with van der Waals surface area (Å²) in [4.78, 5) is 0.573. The predicted octanol–water partition coefficient (Wildman–Crippen LogP) is 3.57. The number of sulfonamides is 1. The van der Waals surface area contributed by atoms with Gasteiger partial charge in [-0.25, -0.2) is 8.42 Å². The fourth-order valence-corrected chi connectivity index (χ4v) is 4.45. The number of nitrogens with zero attached hydrogens (tertiary/aromatic N) is 2. The summed E-state index contributed by atoms with van der Waals surface area (Å²) in [6.45, 7) is 1.66.